The lowest BCUT2D eigenvalue weighted by Gasteiger charge is -2.34. The molecule has 22 heavy (non-hydrogen) atoms. The van der Waals surface area contributed by atoms with Crippen LogP contribution in [0.1, 0.15) is 25.8 Å². The fourth-order valence-electron chi connectivity index (χ4n) is 3.04. The van der Waals surface area contributed by atoms with Crippen LogP contribution >= 0.6 is 0 Å². The molecule has 1 fully saturated rings. The maximum atomic E-state index is 12.3. The summed E-state index contributed by atoms with van der Waals surface area (Å²) in [5.74, 6) is 2.63. The lowest BCUT2D eigenvalue weighted by Crippen LogP contribution is -2.41. The van der Waals surface area contributed by atoms with E-state index in [1.54, 1.807) is 20.3 Å². The second-order valence-corrected chi connectivity index (χ2v) is 6.17. The average molecular weight is 303 g/mol. The van der Waals surface area contributed by atoms with Crippen LogP contribution in [0.15, 0.2) is 24.3 Å². The van der Waals surface area contributed by atoms with Gasteiger partial charge in [-0.2, -0.15) is 0 Å². The van der Waals surface area contributed by atoms with Gasteiger partial charge in [0.05, 0.1) is 14.2 Å². The molecule has 0 spiro atoms. The van der Waals surface area contributed by atoms with E-state index < -0.39 is 0 Å². The molecule has 0 bridgehead atoms. The van der Waals surface area contributed by atoms with E-state index in [-0.39, 0.29) is 5.91 Å². The summed E-state index contributed by atoms with van der Waals surface area (Å²) in [5, 5.41) is 0. The van der Waals surface area contributed by atoms with Gasteiger partial charge in [0.1, 0.15) is 11.5 Å². The summed E-state index contributed by atoms with van der Waals surface area (Å²) in [6.07, 6.45) is 4.65. The van der Waals surface area contributed by atoms with Crippen molar-refractivity contribution in [3.8, 4) is 11.5 Å². The van der Waals surface area contributed by atoms with Crippen LogP contribution in [0.2, 0.25) is 0 Å². The minimum atomic E-state index is 0.0696. The molecule has 4 nitrogen and oxygen atoms in total. The van der Waals surface area contributed by atoms with E-state index in [9.17, 15) is 4.79 Å². The molecule has 2 rings (SSSR count). The first-order valence-electron chi connectivity index (χ1n) is 7.72. The maximum absolute atomic E-state index is 12.3. The van der Waals surface area contributed by atoms with Crippen LogP contribution in [-0.2, 0) is 4.79 Å². The van der Waals surface area contributed by atoms with E-state index in [4.69, 9.17) is 9.47 Å². The minimum Gasteiger partial charge on any atom is -0.497 e. The van der Waals surface area contributed by atoms with E-state index in [0.29, 0.717) is 23.3 Å². The summed E-state index contributed by atoms with van der Waals surface area (Å²) >= 11 is 0. The summed E-state index contributed by atoms with van der Waals surface area (Å²) in [6.45, 7) is 6.09. The second-order valence-electron chi connectivity index (χ2n) is 6.17. The molecule has 120 valence electrons. The summed E-state index contributed by atoms with van der Waals surface area (Å²) in [6, 6.07) is 5.58. The average Bonchev–Trinajstić information content (AvgIpc) is 2.51. The molecule has 4 heteroatoms. The van der Waals surface area contributed by atoms with Crippen LogP contribution in [0.25, 0.3) is 6.08 Å². The minimum absolute atomic E-state index is 0.0696. The summed E-state index contributed by atoms with van der Waals surface area (Å²) in [7, 11) is 3.23. The van der Waals surface area contributed by atoms with Crippen LogP contribution in [-0.4, -0.2) is 38.1 Å². The molecule has 1 amide bonds. The van der Waals surface area contributed by atoms with Gasteiger partial charge in [0.25, 0.3) is 0 Å². The second kappa shape index (κ2) is 7.34. The first-order valence-corrected chi connectivity index (χ1v) is 7.72. The van der Waals surface area contributed by atoms with Crippen LogP contribution in [0.3, 0.4) is 0 Å². The Morgan fingerprint density at radius 2 is 1.64 bits per heavy atom. The number of methoxy groups -OCH3 is 2. The number of carbonyl (C=O) groups excluding carboxylic acids is 1. The van der Waals surface area contributed by atoms with E-state index in [1.165, 1.54) is 6.42 Å². The first-order chi connectivity index (χ1) is 10.5. The Hall–Kier alpha value is -1.97. The molecule has 0 radical (unpaired) electrons. The van der Waals surface area contributed by atoms with Gasteiger partial charge in [-0.05, 0) is 42.0 Å². The Bertz CT molecular complexity index is 521. The zero-order chi connectivity index (χ0) is 16.1. The van der Waals surface area contributed by atoms with Crippen molar-refractivity contribution >= 4 is 12.0 Å². The summed E-state index contributed by atoms with van der Waals surface area (Å²) < 4.78 is 10.5. The molecule has 0 saturated carbocycles. The first kappa shape index (κ1) is 16.4. The largest absolute Gasteiger partial charge is 0.497 e. The number of rotatable bonds is 4. The predicted molar refractivity (Wildman–Crippen MR) is 88.1 cm³/mol. The predicted octanol–water partition coefficient (Wildman–Crippen LogP) is 3.22. The van der Waals surface area contributed by atoms with Crippen molar-refractivity contribution in [3.63, 3.8) is 0 Å². The highest BCUT2D eigenvalue weighted by Crippen LogP contribution is 2.24. The van der Waals surface area contributed by atoms with Gasteiger partial charge in [-0.25, -0.2) is 0 Å². The smallest absolute Gasteiger partial charge is 0.246 e. The van der Waals surface area contributed by atoms with Gasteiger partial charge in [-0.15, -0.1) is 0 Å². The SMILES string of the molecule is COc1cc(/C=C/C(=O)N2CC(C)CC(C)C2)cc(OC)c1. The molecular weight excluding hydrogens is 278 g/mol. The van der Waals surface area contributed by atoms with Crippen LogP contribution in [0.4, 0.5) is 0 Å². The van der Waals surface area contributed by atoms with Crippen LogP contribution in [0, 0.1) is 11.8 Å². The van der Waals surface area contributed by atoms with Crippen molar-refractivity contribution in [1.82, 2.24) is 4.90 Å². The molecule has 2 atom stereocenters. The monoisotopic (exact) mass is 303 g/mol. The normalized spacial score (nSPS) is 21.9. The molecule has 1 saturated heterocycles. The van der Waals surface area contributed by atoms with Gasteiger partial charge < -0.3 is 14.4 Å². The zero-order valence-electron chi connectivity index (χ0n) is 13.8. The van der Waals surface area contributed by atoms with Gasteiger partial charge in [-0.1, -0.05) is 13.8 Å². The standard InChI is InChI=1S/C18H25NO3/c1-13-7-14(2)12-19(11-13)18(20)6-5-15-8-16(21-3)10-17(9-15)22-4/h5-6,8-10,13-14H,7,11-12H2,1-4H3/b6-5+. The zero-order valence-corrected chi connectivity index (χ0v) is 13.8. The fourth-order valence-corrected chi connectivity index (χ4v) is 3.04. The number of piperidine rings is 1. The molecule has 1 aliphatic rings. The Labute approximate surface area is 132 Å². The van der Waals surface area contributed by atoms with Crippen molar-refractivity contribution in [2.45, 2.75) is 20.3 Å². The van der Waals surface area contributed by atoms with E-state index in [2.05, 4.69) is 13.8 Å². The molecular formula is C18H25NO3. The van der Waals surface area contributed by atoms with Gasteiger partial charge >= 0.3 is 0 Å². The fraction of sp³-hybridized carbons (Fsp3) is 0.500. The number of amides is 1. The highest BCUT2D eigenvalue weighted by atomic mass is 16.5. The number of nitrogens with zero attached hydrogens (tertiary/aromatic N) is 1. The third-order valence-corrected chi connectivity index (χ3v) is 3.97. The van der Waals surface area contributed by atoms with Gasteiger partial charge in [0.2, 0.25) is 5.91 Å². The number of benzene rings is 1. The van der Waals surface area contributed by atoms with Gasteiger partial charge in [-0.3, -0.25) is 4.79 Å². The van der Waals surface area contributed by atoms with Crippen molar-refractivity contribution in [3.05, 3.63) is 29.8 Å². The van der Waals surface area contributed by atoms with Crippen molar-refractivity contribution < 1.29 is 14.3 Å². The lowest BCUT2D eigenvalue weighted by molar-refractivity contribution is -0.128. The van der Waals surface area contributed by atoms with Crippen molar-refractivity contribution in [1.29, 1.82) is 0 Å². The Balaban J connectivity index is 2.09. The van der Waals surface area contributed by atoms with E-state index in [1.807, 2.05) is 29.2 Å². The highest BCUT2D eigenvalue weighted by molar-refractivity contribution is 5.92. The molecule has 1 heterocycles. The molecule has 2 unspecified atom stereocenters. The number of hydrogen-bond donors (Lipinski definition) is 0. The Kier molecular flexibility index (Phi) is 5.47. The summed E-state index contributed by atoms with van der Waals surface area (Å²) in [5.41, 5.74) is 0.891. The Morgan fingerprint density at radius 3 is 2.14 bits per heavy atom. The third-order valence-electron chi connectivity index (χ3n) is 3.97. The highest BCUT2D eigenvalue weighted by Gasteiger charge is 2.23. The quantitative estimate of drug-likeness (QED) is 0.802. The van der Waals surface area contributed by atoms with E-state index in [0.717, 1.165) is 18.7 Å². The number of carbonyl (C=O) groups is 1. The van der Waals surface area contributed by atoms with Gasteiger partial charge in [0, 0.05) is 25.2 Å². The maximum Gasteiger partial charge on any atom is 0.246 e. The topological polar surface area (TPSA) is 38.8 Å². The van der Waals surface area contributed by atoms with E-state index >= 15 is 0 Å². The molecule has 1 aromatic carbocycles. The molecule has 0 N–H and O–H groups in total. The van der Waals surface area contributed by atoms with Gasteiger partial charge in [0.15, 0.2) is 0 Å². The molecule has 0 aromatic heterocycles. The van der Waals surface area contributed by atoms with Crippen molar-refractivity contribution in [2.24, 2.45) is 11.8 Å². The number of ether oxygens (including phenoxy) is 2. The van der Waals surface area contributed by atoms with Crippen LogP contribution < -0.4 is 9.47 Å². The molecule has 1 aliphatic heterocycles. The molecule has 1 aromatic rings. The lowest BCUT2D eigenvalue weighted by atomic mass is 9.92. The number of hydrogen-bond acceptors (Lipinski definition) is 3. The van der Waals surface area contributed by atoms with Crippen molar-refractivity contribution in [2.75, 3.05) is 27.3 Å². The van der Waals surface area contributed by atoms with Crippen LogP contribution in [0.5, 0.6) is 11.5 Å². The third kappa shape index (κ3) is 4.26. The Morgan fingerprint density at radius 1 is 1.09 bits per heavy atom. The summed E-state index contributed by atoms with van der Waals surface area (Å²) in [4.78, 5) is 14.3. The molecule has 0 aliphatic carbocycles. The number of likely N-dealkylation sites (tertiary alicyclic amines) is 1.